The van der Waals surface area contributed by atoms with Crippen LogP contribution in [-0.4, -0.2) is 22.1 Å². The van der Waals surface area contributed by atoms with Gasteiger partial charge in [-0.25, -0.2) is 4.98 Å². The molecule has 2 aromatic heterocycles. The lowest BCUT2D eigenvalue weighted by Crippen LogP contribution is -1.92. The lowest BCUT2D eigenvalue weighted by atomic mass is 10.1. The van der Waals surface area contributed by atoms with Gasteiger partial charge in [-0.3, -0.25) is 0 Å². The minimum absolute atomic E-state index is 0.571. The van der Waals surface area contributed by atoms with Crippen molar-refractivity contribution in [1.29, 1.82) is 0 Å². The number of H-pyrrole nitrogens is 1. The summed E-state index contributed by atoms with van der Waals surface area (Å²) >= 11 is 0. The Morgan fingerprint density at radius 3 is 2.94 bits per heavy atom. The summed E-state index contributed by atoms with van der Waals surface area (Å²) in [7, 11) is 1.60. The summed E-state index contributed by atoms with van der Waals surface area (Å²) in [6.45, 7) is 2.07. The van der Waals surface area contributed by atoms with Crippen LogP contribution in [0.15, 0.2) is 36.7 Å². The summed E-state index contributed by atoms with van der Waals surface area (Å²) in [5.41, 5.74) is 3.29. The smallest absolute Gasteiger partial charge is 0.216 e. The van der Waals surface area contributed by atoms with Crippen molar-refractivity contribution in [2.75, 3.05) is 7.11 Å². The molecule has 0 saturated carbocycles. The second-order valence-electron chi connectivity index (χ2n) is 4.17. The first kappa shape index (κ1) is 10.8. The molecule has 0 bridgehead atoms. The SMILES string of the molecule is COc1ccnc(-c2c[nH]c3ccc(C)cc23)n1. The largest absolute Gasteiger partial charge is 0.481 e. The number of aryl methyl sites for hydroxylation is 1. The number of aromatic amines is 1. The molecular formula is C14H13N3O. The molecule has 1 N–H and O–H groups in total. The number of hydrogen-bond donors (Lipinski definition) is 1. The van der Waals surface area contributed by atoms with Crippen molar-refractivity contribution in [2.24, 2.45) is 0 Å². The van der Waals surface area contributed by atoms with Gasteiger partial charge in [0.2, 0.25) is 5.88 Å². The van der Waals surface area contributed by atoms with Crippen LogP contribution in [0.1, 0.15) is 5.56 Å². The summed E-state index contributed by atoms with van der Waals surface area (Å²) in [5, 5.41) is 1.13. The van der Waals surface area contributed by atoms with E-state index in [1.54, 1.807) is 19.4 Å². The molecule has 18 heavy (non-hydrogen) atoms. The highest BCUT2D eigenvalue weighted by Crippen LogP contribution is 2.27. The molecule has 3 rings (SSSR count). The molecule has 0 unspecified atom stereocenters. The predicted octanol–water partition coefficient (Wildman–Crippen LogP) is 2.94. The molecule has 0 aliphatic carbocycles. The van der Waals surface area contributed by atoms with E-state index in [0.29, 0.717) is 11.7 Å². The van der Waals surface area contributed by atoms with E-state index in [1.165, 1.54) is 5.56 Å². The van der Waals surface area contributed by atoms with Crippen molar-refractivity contribution in [1.82, 2.24) is 15.0 Å². The Morgan fingerprint density at radius 2 is 2.11 bits per heavy atom. The first-order valence-electron chi connectivity index (χ1n) is 5.73. The highest BCUT2D eigenvalue weighted by atomic mass is 16.5. The molecule has 0 saturated heterocycles. The molecule has 4 heteroatoms. The number of nitrogens with zero attached hydrogens (tertiary/aromatic N) is 2. The summed E-state index contributed by atoms with van der Waals surface area (Å²) in [4.78, 5) is 11.9. The molecule has 0 fully saturated rings. The second-order valence-corrected chi connectivity index (χ2v) is 4.17. The van der Waals surface area contributed by atoms with E-state index in [0.717, 1.165) is 16.5 Å². The summed E-state index contributed by atoms with van der Waals surface area (Å²) < 4.78 is 5.13. The lowest BCUT2D eigenvalue weighted by molar-refractivity contribution is 0.397. The molecule has 0 amide bonds. The summed E-state index contributed by atoms with van der Waals surface area (Å²) in [5.74, 6) is 1.24. The second kappa shape index (κ2) is 4.14. The highest BCUT2D eigenvalue weighted by Gasteiger charge is 2.09. The molecule has 0 aliphatic rings. The van der Waals surface area contributed by atoms with Crippen molar-refractivity contribution in [3.8, 4) is 17.3 Å². The Balaban J connectivity index is 2.21. The van der Waals surface area contributed by atoms with Gasteiger partial charge < -0.3 is 9.72 Å². The number of ether oxygens (including phenoxy) is 1. The van der Waals surface area contributed by atoms with Crippen LogP contribution in [0.25, 0.3) is 22.3 Å². The van der Waals surface area contributed by atoms with Gasteiger partial charge in [-0.2, -0.15) is 4.98 Å². The van der Waals surface area contributed by atoms with Gasteiger partial charge in [0, 0.05) is 34.9 Å². The molecule has 1 aromatic carbocycles. The van der Waals surface area contributed by atoms with Gasteiger partial charge in [0.1, 0.15) is 0 Å². The highest BCUT2D eigenvalue weighted by molar-refractivity contribution is 5.94. The van der Waals surface area contributed by atoms with E-state index in [1.807, 2.05) is 6.20 Å². The number of fused-ring (bicyclic) bond motifs is 1. The number of hydrogen-bond acceptors (Lipinski definition) is 3. The van der Waals surface area contributed by atoms with Gasteiger partial charge in [0.25, 0.3) is 0 Å². The Labute approximate surface area is 105 Å². The lowest BCUT2D eigenvalue weighted by Gasteiger charge is -2.01. The Morgan fingerprint density at radius 1 is 1.22 bits per heavy atom. The Bertz CT molecular complexity index is 703. The van der Waals surface area contributed by atoms with E-state index in [9.17, 15) is 0 Å². The maximum absolute atomic E-state index is 5.13. The monoisotopic (exact) mass is 239 g/mol. The molecule has 2 heterocycles. The van der Waals surface area contributed by atoms with Crippen molar-refractivity contribution >= 4 is 10.9 Å². The van der Waals surface area contributed by atoms with Crippen LogP contribution in [0.2, 0.25) is 0 Å². The molecule has 4 nitrogen and oxygen atoms in total. The van der Waals surface area contributed by atoms with Crippen LogP contribution in [0.4, 0.5) is 0 Å². The van der Waals surface area contributed by atoms with Crippen molar-refractivity contribution in [2.45, 2.75) is 6.92 Å². The molecule has 0 radical (unpaired) electrons. The number of methoxy groups -OCH3 is 1. The maximum atomic E-state index is 5.13. The van der Waals surface area contributed by atoms with Gasteiger partial charge >= 0.3 is 0 Å². The van der Waals surface area contributed by atoms with Crippen molar-refractivity contribution in [3.05, 3.63) is 42.2 Å². The first-order chi connectivity index (χ1) is 8.78. The van der Waals surface area contributed by atoms with Crippen LogP contribution in [0.5, 0.6) is 5.88 Å². The molecular weight excluding hydrogens is 226 g/mol. The van der Waals surface area contributed by atoms with E-state index in [-0.39, 0.29) is 0 Å². The fraction of sp³-hybridized carbons (Fsp3) is 0.143. The quantitative estimate of drug-likeness (QED) is 0.748. The van der Waals surface area contributed by atoms with Crippen LogP contribution in [0.3, 0.4) is 0 Å². The molecule has 0 atom stereocenters. The van der Waals surface area contributed by atoms with Gasteiger partial charge in [-0.05, 0) is 19.1 Å². The number of nitrogens with one attached hydrogen (secondary N) is 1. The number of benzene rings is 1. The molecule has 0 spiro atoms. The average molecular weight is 239 g/mol. The fourth-order valence-electron chi connectivity index (χ4n) is 2.01. The van der Waals surface area contributed by atoms with Gasteiger partial charge in [0.05, 0.1) is 7.11 Å². The fourth-order valence-corrected chi connectivity index (χ4v) is 2.01. The van der Waals surface area contributed by atoms with Gasteiger partial charge in [-0.1, -0.05) is 11.6 Å². The standard InChI is InChI=1S/C14H13N3O/c1-9-3-4-12-10(7-9)11(8-16-12)14-15-6-5-13(17-14)18-2/h3-8,16H,1-2H3. The van der Waals surface area contributed by atoms with Crippen LogP contribution in [-0.2, 0) is 0 Å². The summed E-state index contributed by atoms with van der Waals surface area (Å²) in [6, 6.07) is 8.01. The average Bonchev–Trinajstić information content (AvgIpc) is 2.81. The van der Waals surface area contributed by atoms with E-state index in [2.05, 4.69) is 40.1 Å². The zero-order valence-electron chi connectivity index (χ0n) is 10.3. The third kappa shape index (κ3) is 1.72. The van der Waals surface area contributed by atoms with E-state index < -0.39 is 0 Å². The van der Waals surface area contributed by atoms with Crippen LogP contribution < -0.4 is 4.74 Å². The van der Waals surface area contributed by atoms with Gasteiger partial charge in [-0.15, -0.1) is 0 Å². The van der Waals surface area contributed by atoms with Crippen LogP contribution in [0, 0.1) is 6.92 Å². The van der Waals surface area contributed by atoms with Crippen LogP contribution >= 0.6 is 0 Å². The van der Waals surface area contributed by atoms with Crippen molar-refractivity contribution < 1.29 is 4.74 Å². The van der Waals surface area contributed by atoms with E-state index in [4.69, 9.17) is 4.74 Å². The zero-order chi connectivity index (χ0) is 12.5. The minimum Gasteiger partial charge on any atom is -0.481 e. The molecule has 90 valence electrons. The van der Waals surface area contributed by atoms with Gasteiger partial charge in [0.15, 0.2) is 5.82 Å². The number of aromatic nitrogens is 3. The minimum atomic E-state index is 0.571. The third-order valence-corrected chi connectivity index (χ3v) is 2.92. The zero-order valence-corrected chi connectivity index (χ0v) is 10.3. The normalized spacial score (nSPS) is 10.8. The van der Waals surface area contributed by atoms with Crippen molar-refractivity contribution in [3.63, 3.8) is 0 Å². The van der Waals surface area contributed by atoms with E-state index >= 15 is 0 Å². The topological polar surface area (TPSA) is 50.8 Å². The summed E-state index contributed by atoms with van der Waals surface area (Å²) in [6.07, 6.45) is 3.63. The maximum Gasteiger partial charge on any atom is 0.216 e. The third-order valence-electron chi connectivity index (χ3n) is 2.92. The number of rotatable bonds is 2. The molecule has 3 aromatic rings. The first-order valence-corrected chi connectivity index (χ1v) is 5.73. The Hall–Kier alpha value is -2.36. The Kier molecular flexibility index (Phi) is 2.48. The molecule has 0 aliphatic heterocycles. The predicted molar refractivity (Wildman–Crippen MR) is 70.6 cm³/mol.